The summed E-state index contributed by atoms with van der Waals surface area (Å²) in [5.74, 6) is 2.08. The van der Waals surface area contributed by atoms with Crippen molar-refractivity contribution in [3.05, 3.63) is 42.2 Å². The van der Waals surface area contributed by atoms with Crippen LogP contribution < -0.4 is 4.57 Å². The van der Waals surface area contributed by atoms with E-state index in [0.717, 1.165) is 0 Å². The molecule has 17 heavy (non-hydrogen) atoms. The number of thiocarbonyl (C=S) groups is 1. The van der Waals surface area contributed by atoms with Crippen molar-refractivity contribution in [3.63, 3.8) is 0 Å². The quantitative estimate of drug-likeness (QED) is 0.226. The van der Waals surface area contributed by atoms with Gasteiger partial charge in [-0.1, -0.05) is 18.3 Å². The summed E-state index contributed by atoms with van der Waals surface area (Å²) in [6.45, 7) is 0. The van der Waals surface area contributed by atoms with Gasteiger partial charge in [-0.15, -0.1) is 11.8 Å². The van der Waals surface area contributed by atoms with E-state index in [1.54, 1.807) is 6.08 Å². The van der Waals surface area contributed by atoms with Crippen LogP contribution in [0.15, 0.2) is 42.2 Å². The van der Waals surface area contributed by atoms with Crippen molar-refractivity contribution in [2.24, 2.45) is 0 Å². The Hall–Kier alpha value is -1.73. The van der Waals surface area contributed by atoms with Gasteiger partial charge in [-0.25, -0.2) is 0 Å². The number of hydrogen-bond acceptors (Lipinski definition) is 4. The lowest BCUT2D eigenvalue weighted by Crippen LogP contribution is -2.34. The molecule has 0 spiro atoms. The first-order valence-electron chi connectivity index (χ1n) is 4.69. The van der Waals surface area contributed by atoms with Crippen LogP contribution in [0.4, 0.5) is 0 Å². The van der Waals surface area contributed by atoms with Crippen LogP contribution in [0.2, 0.25) is 0 Å². The van der Waals surface area contributed by atoms with E-state index in [1.165, 1.54) is 11.8 Å². The summed E-state index contributed by atoms with van der Waals surface area (Å²) in [4.78, 5) is 0. The monoisotopic (exact) mass is 260 g/mol. The normalized spacial score (nSPS) is 10.2. The molecule has 0 unspecified atom stereocenters. The minimum atomic E-state index is 0.146. The topological polar surface area (TPSA) is 51.5 Å². The molecule has 0 aliphatic carbocycles. The molecule has 0 saturated carbocycles. The molecule has 0 aliphatic heterocycles. The van der Waals surface area contributed by atoms with E-state index in [0.29, 0.717) is 9.89 Å². The number of hydrogen-bond donors (Lipinski definition) is 1. The van der Waals surface area contributed by atoms with E-state index in [4.69, 9.17) is 22.9 Å². The van der Waals surface area contributed by atoms with Crippen LogP contribution >= 0.6 is 24.0 Å². The largest absolute Gasteiger partial charge is 0.258 e. The molecule has 0 saturated heterocycles. The van der Waals surface area contributed by atoms with Crippen molar-refractivity contribution in [2.75, 3.05) is 6.26 Å². The van der Waals surface area contributed by atoms with Gasteiger partial charge < -0.3 is 0 Å². The highest BCUT2D eigenvalue weighted by atomic mass is 32.2. The van der Waals surface area contributed by atoms with Gasteiger partial charge in [-0.05, 0) is 12.1 Å². The van der Waals surface area contributed by atoms with E-state index >= 15 is 0 Å². The predicted octanol–water partition coefficient (Wildman–Crippen LogP) is 2.20. The lowest BCUT2D eigenvalue weighted by molar-refractivity contribution is -0.575. The highest BCUT2D eigenvalue weighted by Crippen LogP contribution is 2.11. The number of nitriles is 1. The van der Waals surface area contributed by atoms with Gasteiger partial charge >= 0.3 is 0 Å². The Kier molecular flexibility index (Phi) is 5.31. The van der Waals surface area contributed by atoms with E-state index in [9.17, 15) is 0 Å². The molecule has 84 valence electrons. The van der Waals surface area contributed by atoms with Crippen LogP contribution in [-0.2, 0) is 0 Å². The third-order valence-electron chi connectivity index (χ3n) is 1.92. The van der Waals surface area contributed by atoms with Crippen LogP contribution in [0.1, 0.15) is 0 Å². The van der Waals surface area contributed by atoms with Gasteiger partial charge in [0.15, 0.2) is 12.4 Å². The van der Waals surface area contributed by atoms with Crippen LogP contribution in [0.3, 0.4) is 0 Å². The maximum atomic E-state index is 8.80. The summed E-state index contributed by atoms with van der Waals surface area (Å²) < 4.78 is 2.47. The number of rotatable bonds is 3. The molecule has 0 fully saturated rings. The van der Waals surface area contributed by atoms with Crippen molar-refractivity contribution in [2.45, 2.75) is 0 Å². The fraction of sp³-hybridized carbons (Fsp3) is 0.0833. The number of nitrogens with one attached hydrogen (secondary N) is 1. The Bertz CT molecular complexity index is 535. The Morgan fingerprint density at radius 3 is 2.53 bits per heavy atom. The van der Waals surface area contributed by atoms with E-state index in [-0.39, 0.29) is 5.57 Å². The van der Waals surface area contributed by atoms with Crippen LogP contribution in [-0.4, -0.2) is 16.3 Å². The first-order chi connectivity index (χ1) is 8.22. The summed E-state index contributed by atoms with van der Waals surface area (Å²) >= 11 is 6.66. The van der Waals surface area contributed by atoms with Gasteiger partial charge in [-0.2, -0.15) is 9.83 Å². The van der Waals surface area contributed by atoms with Crippen LogP contribution in [0.5, 0.6) is 0 Å². The molecular weight excluding hydrogens is 250 g/mol. The molecule has 0 bridgehead atoms. The maximum absolute atomic E-state index is 8.80. The van der Waals surface area contributed by atoms with Gasteiger partial charge in [0.2, 0.25) is 5.70 Å². The summed E-state index contributed by atoms with van der Waals surface area (Å²) in [7, 11) is 0. The molecule has 1 heterocycles. The number of aromatic nitrogens is 1. The van der Waals surface area contributed by atoms with Crippen molar-refractivity contribution in [3.8, 4) is 6.07 Å². The molecule has 1 rings (SSSR count). The molecule has 1 N–H and O–H groups in total. The molecule has 0 radical (unpaired) electrons. The third kappa shape index (κ3) is 3.65. The Labute approximate surface area is 110 Å². The maximum Gasteiger partial charge on any atom is 0.237 e. The predicted molar refractivity (Wildman–Crippen MR) is 73.9 cm³/mol. The SMILES string of the molecule is CSC(=S)C(=CC(=C=N)C#N)[n+]1ccccc1. The zero-order chi connectivity index (χ0) is 12.7. The van der Waals surface area contributed by atoms with E-state index < -0.39 is 0 Å². The van der Waals surface area contributed by atoms with Crippen molar-refractivity contribution in [1.82, 2.24) is 0 Å². The minimum Gasteiger partial charge on any atom is -0.258 e. The first kappa shape index (κ1) is 13.3. The number of nitrogens with zero attached hydrogens (tertiary/aromatic N) is 2. The molecule has 5 heteroatoms. The lowest BCUT2D eigenvalue weighted by atomic mass is 10.2. The average Bonchev–Trinajstić information content (AvgIpc) is 2.40. The molecule has 1 aromatic heterocycles. The summed E-state index contributed by atoms with van der Waals surface area (Å²) in [6.07, 6.45) is 7.12. The Morgan fingerprint density at radius 2 is 2.06 bits per heavy atom. The van der Waals surface area contributed by atoms with Gasteiger partial charge in [0.1, 0.15) is 15.8 Å². The minimum absolute atomic E-state index is 0.146. The molecule has 0 amide bonds. The Morgan fingerprint density at radius 1 is 1.41 bits per heavy atom. The zero-order valence-corrected chi connectivity index (χ0v) is 10.8. The fourth-order valence-corrected chi connectivity index (χ4v) is 1.67. The van der Waals surface area contributed by atoms with Crippen molar-refractivity contribution < 1.29 is 4.57 Å². The van der Waals surface area contributed by atoms with Crippen molar-refractivity contribution >= 4 is 39.7 Å². The van der Waals surface area contributed by atoms with Gasteiger partial charge in [-0.3, -0.25) is 5.41 Å². The molecule has 0 aliphatic rings. The number of allylic oxidation sites excluding steroid dienone is 2. The first-order valence-corrected chi connectivity index (χ1v) is 6.32. The smallest absolute Gasteiger partial charge is 0.237 e. The summed E-state index contributed by atoms with van der Waals surface area (Å²) in [6, 6.07) is 7.53. The van der Waals surface area contributed by atoms with Gasteiger partial charge in [0.05, 0.1) is 0 Å². The average molecular weight is 260 g/mol. The summed E-state index contributed by atoms with van der Waals surface area (Å²) in [5.41, 5.74) is 0.845. The molecular formula is C12H10N3S2+. The van der Waals surface area contributed by atoms with Gasteiger partial charge in [0.25, 0.3) is 0 Å². The van der Waals surface area contributed by atoms with E-state index in [1.807, 2.05) is 47.5 Å². The second-order valence-electron chi connectivity index (χ2n) is 2.95. The van der Waals surface area contributed by atoms with Crippen LogP contribution in [0.25, 0.3) is 5.70 Å². The number of thioether (sulfide) groups is 1. The molecule has 0 atom stereocenters. The second-order valence-corrected chi connectivity index (χ2v) is 4.44. The standard InChI is InChI=1S/C12H10N3S2/c1-17-12(16)11(7-10(8-13)9-14)15-5-3-2-4-6-15/h2-7,13H,1H3/q+1. The Balaban J connectivity index is 3.29. The highest BCUT2D eigenvalue weighted by molar-refractivity contribution is 8.23. The van der Waals surface area contributed by atoms with Gasteiger partial charge in [0, 0.05) is 18.2 Å². The summed E-state index contributed by atoms with van der Waals surface area (Å²) in [5, 5.41) is 15.8. The third-order valence-corrected chi connectivity index (χ3v) is 3.21. The fourth-order valence-electron chi connectivity index (χ4n) is 1.14. The molecule has 3 nitrogen and oxygen atoms in total. The molecule has 0 aromatic carbocycles. The van der Waals surface area contributed by atoms with E-state index in [2.05, 4.69) is 5.87 Å². The van der Waals surface area contributed by atoms with Crippen molar-refractivity contribution in [1.29, 1.82) is 10.7 Å². The zero-order valence-electron chi connectivity index (χ0n) is 9.18. The van der Waals surface area contributed by atoms with Crippen LogP contribution in [0, 0.1) is 16.7 Å². The lowest BCUT2D eigenvalue weighted by Gasteiger charge is -1.99. The second kappa shape index (κ2) is 6.77. The highest BCUT2D eigenvalue weighted by Gasteiger charge is 2.15. The molecule has 1 aromatic rings. The number of pyridine rings is 1.